The monoisotopic (exact) mass is 197 g/mol. The summed E-state index contributed by atoms with van der Waals surface area (Å²) in [6.45, 7) is 9.54. The molecule has 80 valence electrons. The normalized spacial score (nSPS) is 13.6. The molecule has 0 radical (unpaired) electrons. The topological polar surface area (TPSA) is 65.8 Å². The molecule has 14 heavy (non-hydrogen) atoms. The molecule has 1 unspecified atom stereocenters. The minimum atomic E-state index is -0.349. The molecule has 0 aromatic heterocycles. The second-order valence-electron chi connectivity index (χ2n) is 4.89. The van der Waals surface area contributed by atoms with Crippen LogP contribution in [0.3, 0.4) is 0 Å². The molecule has 0 spiro atoms. The highest BCUT2D eigenvalue weighted by atomic mass is 16.1. The molecule has 0 rings (SSSR count). The molecule has 0 aliphatic heterocycles. The van der Waals surface area contributed by atoms with E-state index in [1.54, 1.807) is 0 Å². The molecule has 0 fully saturated rings. The van der Waals surface area contributed by atoms with Crippen LogP contribution in [-0.4, -0.2) is 11.8 Å². The maximum atomic E-state index is 11.7. The van der Waals surface area contributed by atoms with Crippen molar-refractivity contribution in [3.8, 4) is 0 Å². The van der Waals surface area contributed by atoms with Gasteiger partial charge in [-0.2, -0.15) is 0 Å². The van der Waals surface area contributed by atoms with Crippen LogP contribution in [0.4, 0.5) is 0 Å². The zero-order chi connectivity index (χ0) is 11.4. The van der Waals surface area contributed by atoms with E-state index in [0.717, 1.165) is 0 Å². The Kier molecular flexibility index (Phi) is 4.64. The summed E-state index contributed by atoms with van der Waals surface area (Å²) >= 11 is 0. The number of carbonyl (C=O) groups is 1. The summed E-state index contributed by atoms with van der Waals surface area (Å²) in [4.78, 5) is 14.4. The van der Waals surface area contributed by atoms with Crippen molar-refractivity contribution in [2.24, 2.45) is 16.4 Å². The van der Waals surface area contributed by atoms with Crippen LogP contribution in [0.5, 0.6) is 0 Å². The van der Waals surface area contributed by atoms with Crippen molar-refractivity contribution < 1.29 is 4.79 Å². The van der Waals surface area contributed by atoms with Gasteiger partial charge in [0, 0.05) is 22.8 Å². The third kappa shape index (κ3) is 4.28. The van der Waals surface area contributed by atoms with Crippen molar-refractivity contribution in [1.82, 2.24) is 0 Å². The zero-order valence-electron chi connectivity index (χ0n) is 9.61. The Balaban J connectivity index is 4.46. The van der Waals surface area contributed by atoms with Gasteiger partial charge in [-0.1, -0.05) is 39.7 Å². The summed E-state index contributed by atoms with van der Waals surface area (Å²) in [5, 5.41) is 3.64. The summed E-state index contributed by atoms with van der Waals surface area (Å²) in [5.74, 6) is 0.348. The number of azide groups is 1. The van der Waals surface area contributed by atoms with Gasteiger partial charge in [0.15, 0.2) is 0 Å². The van der Waals surface area contributed by atoms with Gasteiger partial charge in [0.25, 0.3) is 0 Å². The third-order valence-corrected chi connectivity index (χ3v) is 2.20. The van der Waals surface area contributed by atoms with Crippen molar-refractivity contribution in [2.75, 3.05) is 0 Å². The number of nitrogens with zero attached hydrogens (tertiary/aromatic N) is 3. The van der Waals surface area contributed by atoms with E-state index in [1.807, 2.05) is 34.6 Å². The molecule has 0 saturated carbocycles. The van der Waals surface area contributed by atoms with Gasteiger partial charge in [0.2, 0.25) is 0 Å². The lowest BCUT2D eigenvalue weighted by molar-refractivity contribution is -0.126. The second kappa shape index (κ2) is 5.01. The smallest absolute Gasteiger partial charge is 0.138 e. The molecule has 0 aliphatic rings. The molecule has 4 nitrogen and oxygen atoms in total. The van der Waals surface area contributed by atoms with Crippen LogP contribution in [0, 0.1) is 11.3 Å². The molecule has 0 saturated heterocycles. The van der Waals surface area contributed by atoms with Gasteiger partial charge in [0.1, 0.15) is 5.78 Å². The molecule has 0 amide bonds. The Labute approximate surface area is 85.3 Å². The SMILES string of the molecule is CC(C)C(CC(=O)C(C)(C)C)N=[N+]=[N-]. The van der Waals surface area contributed by atoms with Gasteiger partial charge in [-0.05, 0) is 11.4 Å². The maximum Gasteiger partial charge on any atom is 0.138 e. The maximum absolute atomic E-state index is 11.7. The summed E-state index contributed by atoms with van der Waals surface area (Å²) < 4.78 is 0. The lowest BCUT2D eigenvalue weighted by atomic mass is 9.85. The minimum Gasteiger partial charge on any atom is -0.299 e. The van der Waals surface area contributed by atoms with Crippen LogP contribution in [-0.2, 0) is 4.79 Å². The molecule has 0 aromatic rings. The van der Waals surface area contributed by atoms with E-state index in [2.05, 4.69) is 10.0 Å². The first-order chi connectivity index (χ1) is 6.29. The van der Waals surface area contributed by atoms with Gasteiger partial charge in [0.05, 0.1) is 0 Å². The summed E-state index contributed by atoms with van der Waals surface area (Å²) in [5.41, 5.74) is 8.00. The van der Waals surface area contributed by atoms with Gasteiger partial charge in [-0.15, -0.1) is 0 Å². The van der Waals surface area contributed by atoms with Crippen LogP contribution < -0.4 is 0 Å². The van der Waals surface area contributed by atoms with E-state index in [1.165, 1.54) is 0 Å². The van der Waals surface area contributed by atoms with Crippen molar-refractivity contribution in [3.05, 3.63) is 10.4 Å². The van der Waals surface area contributed by atoms with Crippen LogP contribution >= 0.6 is 0 Å². The number of carbonyl (C=O) groups excluding carboxylic acids is 1. The molecule has 0 aliphatic carbocycles. The largest absolute Gasteiger partial charge is 0.299 e. The van der Waals surface area contributed by atoms with E-state index >= 15 is 0 Å². The van der Waals surface area contributed by atoms with Crippen molar-refractivity contribution in [1.29, 1.82) is 0 Å². The molecular weight excluding hydrogens is 178 g/mol. The van der Waals surface area contributed by atoms with E-state index in [-0.39, 0.29) is 23.2 Å². The Morgan fingerprint density at radius 1 is 1.43 bits per heavy atom. The highest BCUT2D eigenvalue weighted by Crippen LogP contribution is 2.21. The fraction of sp³-hybridized carbons (Fsp3) is 0.900. The van der Waals surface area contributed by atoms with Crippen LogP contribution in [0.25, 0.3) is 10.4 Å². The van der Waals surface area contributed by atoms with Gasteiger partial charge in [-0.3, -0.25) is 4.79 Å². The number of hydrogen-bond donors (Lipinski definition) is 0. The highest BCUT2D eigenvalue weighted by molar-refractivity contribution is 5.84. The molecule has 0 bridgehead atoms. The van der Waals surface area contributed by atoms with E-state index in [9.17, 15) is 4.79 Å². The predicted octanol–water partition coefficient (Wildman–Crippen LogP) is 3.33. The van der Waals surface area contributed by atoms with Crippen molar-refractivity contribution in [2.45, 2.75) is 47.1 Å². The summed E-state index contributed by atoms with van der Waals surface area (Å²) in [6.07, 6.45) is 0.339. The van der Waals surface area contributed by atoms with Crippen LogP contribution in [0.15, 0.2) is 5.11 Å². The third-order valence-electron chi connectivity index (χ3n) is 2.20. The van der Waals surface area contributed by atoms with E-state index in [4.69, 9.17) is 5.53 Å². The quantitative estimate of drug-likeness (QED) is 0.387. The summed E-state index contributed by atoms with van der Waals surface area (Å²) in [6, 6.07) is -0.216. The Hall–Kier alpha value is -1.02. The highest BCUT2D eigenvalue weighted by Gasteiger charge is 2.25. The Morgan fingerprint density at radius 2 is 1.93 bits per heavy atom. The molecule has 0 heterocycles. The van der Waals surface area contributed by atoms with Gasteiger partial charge in [-0.25, -0.2) is 0 Å². The van der Waals surface area contributed by atoms with E-state index in [0.29, 0.717) is 6.42 Å². The first kappa shape index (κ1) is 13.0. The first-order valence-electron chi connectivity index (χ1n) is 4.86. The van der Waals surface area contributed by atoms with Gasteiger partial charge < -0.3 is 0 Å². The average Bonchev–Trinajstić information content (AvgIpc) is 2.01. The molecule has 4 heteroatoms. The number of hydrogen-bond acceptors (Lipinski definition) is 2. The van der Waals surface area contributed by atoms with E-state index < -0.39 is 0 Å². The molecule has 1 atom stereocenters. The lowest BCUT2D eigenvalue weighted by Crippen LogP contribution is -2.26. The van der Waals surface area contributed by atoms with Crippen molar-refractivity contribution >= 4 is 5.78 Å². The molecule has 0 N–H and O–H groups in total. The van der Waals surface area contributed by atoms with Crippen LogP contribution in [0.1, 0.15) is 41.0 Å². The van der Waals surface area contributed by atoms with Crippen molar-refractivity contribution in [3.63, 3.8) is 0 Å². The zero-order valence-corrected chi connectivity index (χ0v) is 9.61. The number of ketones is 1. The number of Topliss-reactive ketones (excluding diaryl/α,β-unsaturated/α-hetero) is 1. The minimum absolute atomic E-state index is 0.142. The van der Waals surface area contributed by atoms with Crippen LogP contribution in [0.2, 0.25) is 0 Å². The fourth-order valence-corrected chi connectivity index (χ4v) is 0.972. The lowest BCUT2D eigenvalue weighted by Gasteiger charge is -2.21. The Morgan fingerprint density at radius 3 is 2.21 bits per heavy atom. The first-order valence-corrected chi connectivity index (χ1v) is 4.86. The average molecular weight is 197 g/mol. The summed E-state index contributed by atoms with van der Waals surface area (Å²) in [7, 11) is 0. The standard InChI is InChI=1S/C10H19N3O/c1-7(2)8(12-13-11)6-9(14)10(3,4)5/h7-8H,6H2,1-5H3. The second-order valence-corrected chi connectivity index (χ2v) is 4.89. The van der Waals surface area contributed by atoms with Gasteiger partial charge >= 0.3 is 0 Å². The fourth-order valence-electron chi connectivity index (χ4n) is 0.972. The predicted molar refractivity (Wildman–Crippen MR) is 56.9 cm³/mol. The Bertz CT molecular complexity index is 247. The molecule has 0 aromatic carbocycles. The number of rotatable bonds is 4. The molecular formula is C10H19N3O.